The average molecular weight is 461 g/mol. The van der Waals surface area contributed by atoms with Gasteiger partial charge in [0.25, 0.3) is 11.5 Å². The normalized spacial score (nSPS) is 15.2. The van der Waals surface area contributed by atoms with E-state index >= 15 is 0 Å². The second-order valence-corrected chi connectivity index (χ2v) is 9.66. The molecule has 1 aromatic heterocycles. The lowest BCUT2D eigenvalue weighted by Gasteiger charge is -2.26. The summed E-state index contributed by atoms with van der Waals surface area (Å²) < 4.78 is 27.2. The Balaban J connectivity index is 1.60. The van der Waals surface area contributed by atoms with Crippen LogP contribution in [0.2, 0.25) is 5.02 Å². The van der Waals surface area contributed by atoms with E-state index in [1.54, 1.807) is 19.1 Å². The number of carbonyl (C=O) groups excluding carboxylic acids is 1. The Morgan fingerprint density at radius 1 is 1.13 bits per heavy atom. The summed E-state index contributed by atoms with van der Waals surface area (Å²) in [6.07, 6.45) is 1.52. The molecule has 4 rings (SSSR count). The van der Waals surface area contributed by atoms with Crippen molar-refractivity contribution in [2.75, 3.05) is 31.5 Å². The van der Waals surface area contributed by atoms with E-state index in [2.05, 4.69) is 15.6 Å². The summed E-state index contributed by atoms with van der Waals surface area (Å²) in [6.45, 7) is 3.72. The number of nitrogens with zero attached hydrogens (tertiary/aromatic N) is 1. The third kappa shape index (κ3) is 4.22. The third-order valence-electron chi connectivity index (χ3n) is 5.27. The van der Waals surface area contributed by atoms with Crippen LogP contribution in [0.1, 0.15) is 15.9 Å². The first-order valence-corrected chi connectivity index (χ1v) is 11.5. The maximum absolute atomic E-state index is 12.9. The minimum Gasteiger partial charge on any atom is -0.329 e. The van der Waals surface area contributed by atoms with Gasteiger partial charge in [-0.15, -0.1) is 0 Å². The number of amides is 1. The van der Waals surface area contributed by atoms with Gasteiger partial charge in [-0.3, -0.25) is 9.59 Å². The van der Waals surface area contributed by atoms with Crippen molar-refractivity contribution in [1.29, 1.82) is 0 Å². The zero-order valence-corrected chi connectivity index (χ0v) is 18.3. The number of carbonyl (C=O) groups is 1. The van der Waals surface area contributed by atoms with Gasteiger partial charge in [0.15, 0.2) is 0 Å². The van der Waals surface area contributed by atoms with Crippen molar-refractivity contribution in [3.05, 3.63) is 69.1 Å². The number of pyridine rings is 1. The van der Waals surface area contributed by atoms with Gasteiger partial charge in [-0.25, -0.2) is 8.42 Å². The summed E-state index contributed by atoms with van der Waals surface area (Å²) in [5, 5.41) is 7.16. The Hall–Kier alpha value is -2.72. The molecular formula is C21H21ClN4O4S. The van der Waals surface area contributed by atoms with E-state index in [0.717, 1.165) is 0 Å². The number of halogens is 1. The second-order valence-electron chi connectivity index (χ2n) is 7.31. The van der Waals surface area contributed by atoms with Gasteiger partial charge in [0.05, 0.1) is 15.6 Å². The number of benzene rings is 2. The lowest BCUT2D eigenvalue weighted by Crippen LogP contribution is -2.46. The average Bonchev–Trinajstić information content (AvgIpc) is 2.75. The van der Waals surface area contributed by atoms with Crippen molar-refractivity contribution in [2.45, 2.75) is 11.8 Å². The molecule has 0 atom stereocenters. The van der Waals surface area contributed by atoms with E-state index in [9.17, 15) is 18.0 Å². The van der Waals surface area contributed by atoms with E-state index in [-0.39, 0.29) is 15.5 Å². The smallest absolute Gasteiger partial charge is 0.255 e. The maximum Gasteiger partial charge on any atom is 0.255 e. The molecule has 0 spiro atoms. The number of aromatic nitrogens is 1. The molecule has 0 radical (unpaired) electrons. The summed E-state index contributed by atoms with van der Waals surface area (Å²) in [4.78, 5) is 27.5. The number of hydrogen-bond donors (Lipinski definition) is 3. The quantitative estimate of drug-likeness (QED) is 0.553. The van der Waals surface area contributed by atoms with Crippen LogP contribution in [0, 0.1) is 6.92 Å². The van der Waals surface area contributed by atoms with Gasteiger partial charge in [-0.2, -0.15) is 4.31 Å². The number of anilines is 1. The Bertz CT molecular complexity index is 1330. The number of fused-ring (bicyclic) bond motifs is 1. The highest BCUT2D eigenvalue weighted by Gasteiger charge is 2.26. The van der Waals surface area contributed by atoms with Gasteiger partial charge in [0, 0.05) is 43.3 Å². The highest BCUT2D eigenvalue weighted by atomic mass is 35.5. The van der Waals surface area contributed by atoms with Crippen LogP contribution in [-0.2, 0) is 10.0 Å². The topological polar surface area (TPSA) is 111 Å². The minimum atomic E-state index is -3.61. The molecule has 1 saturated heterocycles. The van der Waals surface area contributed by atoms with Crippen LogP contribution in [0.4, 0.5) is 5.69 Å². The zero-order chi connectivity index (χ0) is 22.2. The molecule has 31 heavy (non-hydrogen) atoms. The lowest BCUT2D eigenvalue weighted by atomic mass is 10.1. The van der Waals surface area contributed by atoms with Crippen molar-refractivity contribution in [3.8, 4) is 0 Å². The highest BCUT2D eigenvalue weighted by Crippen LogP contribution is 2.28. The monoisotopic (exact) mass is 460 g/mol. The lowest BCUT2D eigenvalue weighted by molar-refractivity contribution is 0.102. The van der Waals surface area contributed by atoms with Gasteiger partial charge < -0.3 is 15.6 Å². The summed E-state index contributed by atoms with van der Waals surface area (Å²) in [5.74, 6) is -0.422. The number of rotatable bonds is 4. The molecule has 0 unspecified atom stereocenters. The third-order valence-corrected chi connectivity index (χ3v) is 7.47. The number of aromatic amines is 1. The van der Waals surface area contributed by atoms with Gasteiger partial charge >= 0.3 is 0 Å². The summed E-state index contributed by atoms with van der Waals surface area (Å²) >= 11 is 6.26. The first-order chi connectivity index (χ1) is 14.8. The molecule has 10 heteroatoms. The van der Waals surface area contributed by atoms with Crippen molar-refractivity contribution >= 4 is 44.0 Å². The molecular weight excluding hydrogens is 440 g/mol. The largest absolute Gasteiger partial charge is 0.329 e. The zero-order valence-electron chi connectivity index (χ0n) is 16.7. The summed E-state index contributed by atoms with van der Waals surface area (Å²) in [5.41, 5.74) is 0.958. The van der Waals surface area contributed by atoms with Gasteiger partial charge in [0.2, 0.25) is 10.0 Å². The number of nitrogens with one attached hydrogen (secondary N) is 3. The predicted molar refractivity (Wildman–Crippen MR) is 120 cm³/mol. The van der Waals surface area contributed by atoms with E-state index in [1.807, 2.05) is 0 Å². The standard InChI is InChI=1S/C21H21ClN4O4S/c1-13-10-15(31(29,30)26-8-6-23-7-9-26)2-3-16(13)21(28)25-19-11-14-4-5-24-20(27)17(14)12-18(19)22/h2-5,10-12,23H,6-9H2,1H3,(H,24,27)(H,25,28). The molecule has 1 fully saturated rings. The molecule has 3 aromatic rings. The predicted octanol–water partition coefficient (Wildman–Crippen LogP) is 2.34. The molecule has 1 aliphatic heterocycles. The molecule has 162 valence electrons. The first kappa shape index (κ1) is 21.5. The molecule has 0 saturated carbocycles. The van der Waals surface area contributed by atoms with Crippen molar-refractivity contribution in [1.82, 2.24) is 14.6 Å². The fourth-order valence-electron chi connectivity index (χ4n) is 3.58. The Morgan fingerprint density at radius 3 is 2.58 bits per heavy atom. The minimum absolute atomic E-state index is 0.159. The molecule has 2 aromatic carbocycles. The second kappa shape index (κ2) is 8.43. The molecule has 0 bridgehead atoms. The fourth-order valence-corrected chi connectivity index (χ4v) is 5.32. The van der Waals surface area contributed by atoms with E-state index in [4.69, 9.17) is 11.6 Å². The maximum atomic E-state index is 12.9. The van der Waals surface area contributed by atoms with Crippen LogP contribution >= 0.6 is 11.6 Å². The number of sulfonamides is 1. The first-order valence-electron chi connectivity index (χ1n) is 9.71. The summed E-state index contributed by atoms with van der Waals surface area (Å²) in [7, 11) is -3.61. The Kier molecular flexibility index (Phi) is 5.85. The van der Waals surface area contributed by atoms with E-state index in [1.165, 1.54) is 34.8 Å². The number of aryl methyl sites for hydroxylation is 1. The fraction of sp³-hybridized carbons (Fsp3) is 0.238. The molecule has 8 nitrogen and oxygen atoms in total. The van der Waals surface area contributed by atoms with Crippen LogP contribution in [-0.4, -0.2) is 49.8 Å². The van der Waals surface area contributed by atoms with Crippen molar-refractivity contribution in [3.63, 3.8) is 0 Å². The van der Waals surface area contributed by atoms with Crippen LogP contribution in [0.15, 0.2) is 52.3 Å². The van der Waals surface area contributed by atoms with Crippen molar-refractivity contribution in [2.24, 2.45) is 0 Å². The molecule has 0 aliphatic carbocycles. The van der Waals surface area contributed by atoms with Crippen LogP contribution in [0.25, 0.3) is 10.8 Å². The molecule has 2 heterocycles. The van der Waals surface area contributed by atoms with Gasteiger partial charge in [-0.1, -0.05) is 11.6 Å². The number of piperazine rings is 1. The molecule has 1 amide bonds. The Labute approximate surface area is 184 Å². The summed E-state index contributed by atoms with van der Waals surface area (Å²) in [6, 6.07) is 9.29. The van der Waals surface area contributed by atoms with E-state index in [0.29, 0.717) is 53.8 Å². The number of H-pyrrole nitrogens is 1. The SMILES string of the molecule is Cc1cc(S(=O)(=O)N2CCNCC2)ccc1C(=O)Nc1cc2cc[nH]c(=O)c2cc1Cl. The highest BCUT2D eigenvalue weighted by molar-refractivity contribution is 7.89. The number of hydrogen-bond acceptors (Lipinski definition) is 5. The molecule has 1 aliphatic rings. The van der Waals surface area contributed by atoms with Crippen LogP contribution in [0.3, 0.4) is 0 Å². The van der Waals surface area contributed by atoms with Crippen LogP contribution < -0.4 is 16.2 Å². The van der Waals surface area contributed by atoms with Gasteiger partial charge in [-0.05, 0) is 54.3 Å². The van der Waals surface area contributed by atoms with Gasteiger partial charge in [0.1, 0.15) is 0 Å². The Morgan fingerprint density at radius 2 is 1.87 bits per heavy atom. The van der Waals surface area contributed by atoms with Crippen molar-refractivity contribution < 1.29 is 13.2 Å². The van der Waals surface area contributed by atoms with E-state index < -0.39 is 15.9 Å². The van der Waals surface area contributed by atoms with Crippen LogP contribution in [0.5, 0.6) is 0 Å². The molecule has 3 N–H and O–H groups in total.